The molecule has 3 heteroatoms. The average molecular weight is 195 g/mol. The number of aryl methyl sites for hydroxylation is 1. The molecule has 0 unspecified atom stereocenters. The van der Waals surface area contributed by atoms with Gasteiger partial charge in [0.2, 0.25) is 5.91 Å². The van der Waals surface area contributed by atoms with Gasteiger partial charge in [-0.15, -0.1) is 11.8 Å². The fraction of sp³-hybridized carbons (Fsp3) is 0.300. The Kier molecular flexibility index (Phi) is 3.37. The molecule has 0 saturated carbocycles. The van der Waals surface area contributed by atoms with Crippen LogP contribution in [0.2, 0.25) is 0 Å². The summed E-state index contributed by atoms with van der Waals surface area (Å²) < 4.78 is 0. The number of amides is 1. The zero-order chi connectivity index (χ0) is 9.84. The van der Waals surface area contributed by atoms with E-state index in [9.17, 15) is 4.79 Å². The fourth-order valence-electron chi connectivity index (χ4n) is 1.14. The number of anilines is 1. The van der Waals surface area contributed by atoms with Gasteiger partial charge >= 0.3 is 0 Å². The van der Waals surface area contributed by atoms with Crippen LogP contribution in [-0.2, 0) is 4.79 Å². The van der Waals surface area contributed by atoms with E-state index < -0.39 is 0 Å². The van der Waals surface area contributed by atoms with Crippen LogP contribution in [0.15, 0.2) is 23.1 Å². The van der Waals surface area contributed by atoms with E-state index >= 15 is 0 Å². The fourth-order valence-corrected chi connectivity index (χ4v) is 1.69. The van der Waals surface area contributed by atoms with Crippen LogP contribution < -0.4 is 5.32 Å². The van der Waals surface area contributed by atoms with Gasteiger partial charge < -0.3 is 5.32 Å². The van der Waals surface area contributed by atoms with E-state index in [1.165, 1.54) is 11.8 Å². The van der Waals surface area contributed by atoms with Gasteiger partial charge in [-0.3, -0.25) is 4.79 Å². The largest absolute Gasteiger partial charge is 0.326 e. The minimum absolute atomic E-state index is 0.0300. The third-order valence-corrected chi connectivity index (χ3v) is 2.31. The Bertz CT molecular complexity index is 323. The van der Waals surface area contributed by atoms with Crippen LogP contribution in [0.4, 0.5) is 5.69 Å². The molecule has 1 aromatic rings. The van der Waals surface area contributed by atoms with E-state index in [-0.39, 0.29) is 5.91 Å². The van der Waals surface area contributed by atoms with Crippen molar-refractivity contribution in [1.29, 1.82) is 0 Å². The molecule has 0 radical (unpaired) electrons. The van der Waals surface area contributed by atoms with Crippen LogP contribution >= 0.6 is 11.8 Å². The van der Waals surface area contributed by atoms with Crippen molar-refractivity contribution in [2.75, 3.05) is 11.6 Å². The first-order valence-electron chi connectivity index (χ1n) is 4.05. The number of benzene rings is 1. The highest BCUT2D eigenvalue weighted by Crippen LogP contribution is 2.21. The second kappa shape index (κ2) is 4.33. The summed E-state index contributed by atoms with van der Waals surface area (Å²) in [6.45, 7) is 3.53. The molecule has 0 spiro atoms. The SMILES string of the molecule is CSc1cc(C)cc(NC(C)=O)c1. The molecule has 1 N–H and O–H groups in total. The number of rotatable bonds is 2. The molecule has 0 bridgehead atoms. The minimum Gasteiger partial charge on any atom is -0.326 e. The monoisotopic (exact) mass is 195 g/mol. The maximum atomic E-state index is 10.8. The van der Waals surface area contributed by atoms with Crippen LogP contribution in [0.1, 0.15) is 12.5 Å². The summed E-state index contributed by atoms with van der Waals surface area (Å²) in [5.74, 6) is -0.0300. The number of carbonyl (C=O) groups is 1. The first-order chi connectivity index (χ1) is 6.11. The predicted octanol–water partition coefficient (Wildman–Crippen LogP) is 2.68. The normalized spacial score (nSPS) is 9.77. The van der Waals surface area contributed by atoms with Crippen molar-refractivity contribution in [2.24, 2.45) is 0 Å². The van der Waals surface area contributed by atoms with Gasteiger partial charge in [0, 0.05) is 17.5 Å². The molecule has 1 rings (SSSR count). The third kappa shape index (κ3) is 3.11. The molecule has 0 saturated heterocycles. The lowest BCUT2D eigenvalue weighted by molar-refractivity contribution is -0.114. The van der Waals surface area contributed by atoms with Crippen LogP contribution in [-0.4, -0.2) is 12.2 Å². The number of hydrogen-bond acceptors (Lipinski definition) is 2. The van der Waals surface area contributed by atoms with Crippen molar-refractivity contribution in [3.63, 3.8) is 0 Å². The van der Waals surface area contributed by atoms with Gasteiger partial charge in [0.1, 0.15) is 0 Å². The van der Waals surface area contributed by atoms with Crippen LogP contribution in [0.25, 0.3) is 0 Å². The molecule has 70 valence electrons. The standard InChI is InChI=1S/C10H13NOS/c1-7-4-9(11-8(2)12)6-10(5-7)13-3/h4-6H,1-3H3,(H,11,12). The predicted molar refractivity (Wildman–Crippen MR) is 57.3 cm³/mol. The topological polar surface area (TPSA) is 29.1 Å². The van der Waals surface area contributed by atoms with Gasteiger partial charge in [0.25, 0.3) is 0 Å². The number of carbonyl (C=O) groups excluding carboxylic acids is 1. The molecular weight excluding hydrogens is 182 g/mol. The van der Waals surface area contributed by atoms with E-state index in [1.54, 1.807) is 11.8 Å². The molecule has 0 heterocycles. The lowest BCUT2D eigenvalue weighted by Crippen LogP contribution is -2.05. The lowest BCUT2D eigenvalue weighted by atomic mass is 10.2. The highest BCUT2D eigenvalue weighted by Gasteiger charge is 1.98. The lowest BCUT2D eigenvalue weighted by Gasteiger charge is -2.05. The molecule has 1 amide bonds. The Morgan fingerprint density at radius 1 is 1.38 bits per heavy atom. The van der Waals surface area contributed by atoms with Crippen molar-refractivity contribution in [3.05, 3.63) is 23.8 Å². The Morgan fingerprint density at radius 2 is 2.08 bits per heavy atom. The van der Waals surface area contributed by atoms with E-state index in [4.69, 9.17) is 0 Å². The van der Waals surface area contributed by atoms with E-state index in [2.05, 4.69) is 11.4 Å². The van der Waals surface area contributed by atoms with Gasteiger partial charge in [-0.1, -0.05) is 0 Å². The highest BCUT2D eigenvalue weighted by atomic mass is 32.2. The van der Waals surface area contributed by atoms with Crippen LogP contribution in [0.3, 0.4) is 0 Å². The second-order valence-electron chi connectivity index (χ2n) is 2.92. The molecule has 0 atom stereocenters. The molecule has 0 aliphatic rings. The number of thioether (sulfide) groups is 1. The highest BCUT2D eigenvalue weighted by molar-refractivity contribution is 7.98. The summed E-state index contributed by atoms with van der Waals surface area (Å²) in [6, 6.07) is 6.02. The minimum atomic E-state index is -0.0300. The van der Waals surface area contributed by atoms with Crippen molar-refractivity contribution in [1.82, 2.24) is 0 Å². The average Bonchev–Trinajstić information content (AvgIpc) is 2.01. The van der Waals surface area contributed by atoms with Crippen molar-refractivity contribution < 1.29 is 4.79 Å². The second-order valence-corrected chi connectivity index (χ2v) is 3.80. The van der Waals surface area contributed by atoms with E-state index in [0.29, 0.717) is 0 Å². The molecule has 1 aromatic carbocycles. The van der Waals surface area contributed by atoms with Crippen molar-refractivity contribution >= 4 is 23.4 Å². The first-order valence-corrected chi connectivity index (χ1v) is 5.27. The van der Waals surface area contributed by atoms with Gasteiger partial charge in [0.05, 0.1) is 0 Å². The quantitative estimate of drug-likeness (QED) is 0.735. The molecule has 13 heavy (non-hydrogen) atoms. The van der Waals surface area contributed by atoms with E-state index in [0.717, 1.165) is 11.3 Å². The maximum absolute atomic E-state index is 10.8. The molecule has 0 aromatic heterocycles. The van der Waals surface area contributed by atoms with Gasteiger partial charge in [0.15, 0.2) is 0 Å². The van der Waals surface area contributed by atoms with Crippen molar-refractivity contribution in [3.8, 4) is 0 Å². The van der Waals surface area contributed by atoms with Crippen LogP contribution in [0, 0.1) is 6.92 Å². The third-order valence-electron chi connectivity index (χ3n) is 1.61. The molecule has 0 aliphatic carbocycles. The molecule has 0 fully saturated rings. The van der Waals surface area contributed by atoms with Crippen LogP contribution in [0.5, 0.6) is 0 Å². The smallest absolute Gasteiger partial charge is 0.221 e. The Balaban J connectivity index is 2.94. The number of nitrogens with one attached hydrogen (secondary N) is 1. The van der Waals surface area contributed by atoms with E-state index in [1.807, 2.05) is 25.3 Å². The summed E-state index contributed by atoms with van der Waals surface area (Å²) in [6.07, 6.45) is 2.02. The zero-order valence-electron chi connectivity index (χ0n) is 8.05. The van der Waals surface area contributed by atoms with Gasteiger partial charge in [-0.05, 0) is 36.9 Å². The summed E-state index contributed by atoms with van der Waals surface area (Å²) in [4.78, 5) is 12.0. The summed E-state index contributed by atoms with van der Waals surface area (Å²) in [7, 11) is 0. The Labute approximate surface area is 82.7 Å². The zero-order valence-corrected chi connectivity index (χ0v) is 8.87. The molecule has 0 aliphatic heterocycles. The molecular formula is C10H13NOS. The summed E-state index contributed by atoms with van der Waals surface area (Å²) in [5.41, 5.74) is 2.03. The van der Waals surface area contributed by atoms with Crippen molar-refractivity contribution in [2.45, 2.75) is 18.7 Å². The first kappa shape index (κ1) is 10.1. The van der Waals surface area contributed by atoms with Gasteiger partial charge in [-0.2, -0.15) is 0 Å². The van der Waals surface area contributed by atoms with Gasteiger partial charge in [-0.25, -0.2) is 0 Å². The Morgan fingerprint density at radius 3 is 2.62 bits per heavy atom. The Hall–Kier alpha value is -0.960. The molecule has 2 nitrogen and oxygen atoms in total. The summed E-state index contributed by atoms with van der Waals surface area (Å²) >= 11 is 1.67. The maximum Gasteiger partial charge on any atom is 0.221 e. The number of hydrogen-bond donors (Lipinski definition) is 1. The summed E-state index contributed by atoms with van der Waals surface area (Å²) in [5, 5.41) is 2.77.